The third kappa shape index (κ3) is 4.16. The Bertz CT molecular complexity index is 1180. The van der Waals surface area contributed by atoms with Crippen molar-refractivity contribution in [2.45, 2.75) is 20.4 Å². The number of aromatic nitrogens is 3. The van der Waals surface area contributed by atoms with Crippen LogP contribution in [0.15, 0.2) is 58.1 Å². The van der Waals surface area contributed by atoms with Gasteiger partial charge in [0.15, 0.2) is 0 Å². The first-order valence-electron chi connectivity index (χ1n) is 9.13. The molecule has 0 aliphatic carbocycles. The molecule has 2 aromatic carbocycles. The van der Waals surface area contributed by atoms with Gasteiger partial charge >= 0.3 is 5.69 Å². The van der Waals surface area contributed by atoms with Crippen LogP contribution in [0.4, 0.5) is 4.39 Å². The van der Waals surface area contributed by atoms with Crippen molar-refractivity contribution in [1.82, 2.24) is 19.2 Å². The summed E-state index contributed by atoms with van der Waals surface area (Å²) in [5, 5.41) is 4.08. The molecular formula is C21H21FN4O3. The van der Waals surface area contributed by atoms with Crippen LogP contribution in [0, 0.1) is 12.7 Å². The van der Waals surface area contributed by atoms with Crippen LogP contribution in [0.25, 0.3) is 5.69 Å². The van der Waals surface area contributed by atoms with Crippen molar-refractivity contribution in [2.75, 3.05) is 13.6 Å². The molecule has 0 bridgehead atoms. The first kappa shape index (κ1) is 20.2. The Labute approximate surface area is 166 Å². The summed E-state index contributed by atoms with van der Waals surface area (Å²) in [5.74, 6) is -1.07. The second-order valence-electron chi connectivity index (χ2n) is 6.72. The molecule has 7 nitrogen and oxygen atoms in total. The molecule has 3 aromatic rings. The number of carbonyl (C=O) groups is 1. The normalized spacial score (nSPS) is 10.8. The highest BCUT2D eigenvalue weighted by Crippen LogP contribution is 2.08. The van der Waals surface area contributed by atoms with Crippen LogP contribution in [-0.4, -0.2) is 38.7 Å². The third-order valence-corrected chi connectivity index (χ3v) is 4.56. The number of halogens is 1. The van der Waals surface area contributed by atoms with Gasteiger partial charge in [-0.15, -0.1) is 0 Å². The van der Waals surface area contributed by atoms with Gasteiger partial charge in [-0.25, -0.2) is 9.18 Å². The Kier molecular flexibility index (Phi) is 5.72. The monoisotopic (exact) mass is 396 g/mol. The lowest BCUT2D eigenvalue weighted by molar-refractivity contribution is 0.0791. The van der Waals surface area contributed by atoms with Gasteiger partial charge in [-0.3, -0.25) is 14.2 Å². The topological polar surface area (TPSA) is 77.2 Å². The number of amides is 1. The van der Waals surface area contributed by atoms with Crippen LogP contribution < -0.4 is 11.2 Å². The fourth-order valence-electron chi connectivity index (χ4n) is 2.86. The number of hydrogen-bond acceptors (Lipinski definition) is 4. The molecule has 0 saturated carbocycles. The number of nitrogens with zero attached hydrogens (tertiary/aromatic N) is 4. The molecule has 0 fully saturated rings. The van der Waals surface area contributed by atoms with E-state index in [1.807, 2.05) is 13.0 Å². The van der Waals surface area contributed by atoms with E-state index in [4.69, 9.17) is 0 Å². The smallest absolute Gasteiger partial charge is 0.340 e. The van der Waals surface area contributed by atoms with Crippen molar-refractivity contribution >= 4 is 5.91 Å². The summed E-state index contributed by atoms with van der Waals surface area (Å²) in [6.45, 7) is 3.81. The Morgan fingerprint density at radius 2 is 1.86 bits per heavy atom. The molecule has 3 rings (SSSR count). The van der Waals surface area contributed by atoms with E-state index in [1.54, 1.807) is 38.2 Å². The van der Waals surface area contributed by atoms with Crippen LogP contribution in [0.3, 0.4) is 0 Å². The van der Waals surface area contributed by atoms with Crippen molar-refractivity contribution in [1.29, 1.82) is 0 Å². The van der Waals surface area contributed by atoms with E-state index < -0.39 is 23.0 Å². The summed E-state index contributed by atoms with van der Waals surface area (Å²) in [7, 11) is 1.54. The maximum atomic E-state index is 13.6. The molecule has 0 N–H and O–H groups in total. The molecule has 1 amide bonds. The lowest BCUT2D eigenvalue weighted by atomic mass is 10.2. The summed E-state index contributed by atoms with van der Waals surface area (Å²) < 4.78 is 15.5. The van der Waals surface area contributed by atoms with Crippen molar-refractivity contribution in [3.63, 3.8) is 0 Å². The molecule has 0 aliphatic rings. The Morgan fingerprint density at radius 3 is 2.52 bits per heavy atom. The van der Waals surface area contributed by atoms with Gasteiger partial charge < -0.3 is 4.90 Å². The van der Waals surface area contributed by atoms with Gasteiger partial charge in [-0.1, -0.05) is 24.3 Å². The first-order chi connectivity index (χ1) is 13.8. The number of rotatable bonds is 5. The molecule has 1 heterocycles. The minimum Gasteiger partial charge on any atom is -0.340 e. The van der Waals surface area contributed by atoms with Gasteiger partial charge in [0, 0.05) is 13.6 Å². The zero-order valence-electron chi connectivity index (χ0n) is 16.4. The van der Waals surface area contributed by atoms with Crippen molar-refractivity contribution < 1.29 is 9.18 Å². The maximum Gasteiger partial charge on any atom is 0.352 e. The number of carbonyl (C=O) groups excluding carboxylic acids is 1. The average Bonchev–Trinajstić information content (AvgIpc) is 2.70. The van der Waals surface area contributed by atoms with Crippen LogP contribution in [0.1, 0.15) is 28.5 Å². The minimum absolute atomic E-state index is 0.181. The van der Waals surface area contributed by atoms with E-state index in [0.717, 1.165) is 14.8 Å². The highest BCUT2D eigenvalue weighted by atomic mass is 19.1. The molecular weight excluding hydrogens is 375 g/mol. The number of aryl methyl sites for hydroxylation is 1. The van der Waals surface area contributed by atoms with E-state index in [2.05, 4.69) is 5.10 Å². The fraction of sp³-hybridized carbons (Fsp3) is 0.238. The molecule has 0 atom stereocenters. The quantitative estimate of drug-likeness (QED) is 0.661. The lowest BCUT2D eigenvalue weighted by Gasteiger charge is -2.16. The minimum atomic E-state index is -0.812. The largest absolute Gasteiger partial charge is 0.352 e. The second-order valence-corrected chi connectivity index (χ2v) is 6.72. The molecule has 8 heteroatoms. The zero-order chi connectivity index (χ0) is 21.1. The lowest BCUT2D eigenvalue weighted by Crippen LogP contribution is -2.46. The summed E-state index contributed by atoms with van der Waals surface area (Å²) in [5.41, 5.74) is -0.150. The van der Waals surface area contributed by atoms with Gasteiger partial charge in [-0.2, -0.15) is 9.78 Å². The fourth-order valence-corrected chi connectivity index (χ4v) is 2.86. The van der Waals surface area contributed by atoms with Crippen molar-refractivity contribution in [2.24, 2.45) is 0 Å². The van der Waals surface area contributed by atoms with Gasteiger partial charge in [0.05, 0.1) is 12.2 Å². The van der Waals surface area contributed by atoms with Gasteiger partial charge in [-0.05, 0) is 49.2 Å². The molecule has 0 saturated heterocycles. The molecule has 29 heavy (non-hydrogen) atoms. The zero-order valence-corrected chi connectivity index (χ0v) is 16.4. The molecule has 1 aromatic heterocycles. The van der Waals surface area contributed by atoms with Crippen LogP contribution in [-0.2, 0) is 6.54 Å². The average molecular weight is 396 g/mol. The van der Waals surface area contributed by atoms with E-state index in [9.17, 15) is 18.8 Å². The molecule has 0 aliphatic heterocycles. The van der Waals surface area contributed by atoms with Gasteiger partial charge in [0.1, 0.15) is 5.82 Å². The molecule has 150 valence electrons. The summed E-state index contributed by atoms with van der Waals surface area (Å²) in [4.78, 5) is 40.0. The van der Waals surface area contributed by atoms with E-state index >= 15 is 0 Å². The van der Waals surface area contributed by atoms with Crippen LogP contribution in [0.2, 0.25) is 0 Å². The van der Waals surface area contributed by atoms with Crippen molar-refractivity contribution in [3.8, 4) is 5.69 Å². The van der Waals surface area contributed by atoms with Gasteiger partial charge in [0.2, 0.25) is 5.69 Å². The Balaban J connectivity index is 2.25. The third-order valence-electron chi connectivity index (χ3n) is 4.56. The second kappa shape index (κ2) is 8.22. The molecule has 0 radical (unpaired) electrons. The Morgan fingerprint density at radius 1 is 1.14 bits per heavy atom. The highest BCUT2D eigenvalue weighted by Gasteiger charge is 2.22. The predicted molar refractivity (Wildman–Crippen MR) is 107 cm³/mol. The summed E-state index contributed by atoms with van der Waals surface area (Å²) >= 11 is 0. The predicted octanol–water partition coefficient (Wildman–Crippen LogP) is 1.98. The van der Waals surface area contributed by atoms with Crippen LogP contribution in [0.5, 0.6) is 0 Å². The standard InChI is InChI=1S/C21H21FN4O3/c1-4-24(3)19(27)18-20(28)25(13-15-8-6-9-16(22)12-15)21(29)26(23-18)17-10-5-7-14(2)11-17/h5-12H,4,13H2,1-3H3. The highest BCUT2D eigenvalue weighted by molar-refractivity contribution is 5.91. The number of hydrogen-bond donors (Lipinski definition) is 0. The number of benzene rings is 2. The van der Waals surface area contributed by atoms with E-state index in [0.29, 0.717) is 17.8 Å². The SMILES string of the molecule is CCN(C)C(=O)c1nn(-c2cccc(C)c2)c(=O)n(Cc2cccc(F)c2)c1=O. The molecule has 0 spiro atoms. The Hall–Kier alpha value is -3.55. The van der Waals surface area contributed by atoms with Crippen LogP contribution >= 0.6 is 0 Å². The maximum absolute atomic E-state index is 13.6. The summed E-state index contributed by atoms with van der Waals surface area (Å²) in [6.07, 6.45) is 0. The first-order valence-corrected chi connectivity index (χ1v) is 9.13. The van der Waals surface area contributed by atoms with Crippen molar-refractivity contribution in [3.05, 3.63) is 92.0 Å². The summed E-state index contributed by atoms with van der Waals surface area (Å²) in [6, 6.07) is 12.6. The van der Waals surface area contributed by atoms with E-state index in [1.165, 1.54) is 23.1 Å². The molecule has 0 unspecified atom stereocenters. The van der Waals surface area contributed by atoms with Gasteiger partial charge in [0.25, 0.3) is 11.5 Å². The van der Waals surface area contributed by atoms with E-state index in [-0.39, 0.29) is 12.2 Å².